The molecule has 8 heteroatoms. The normalized spacial score (nSPS) is 43.8. The van der Waals surface area contributed by atoms with Gasteiger partial charge in [0.1, 0.15) is 5.50 Å². The second-order valence-electron chi connectivity index (χ2n) is 5.71. The average molecular weight is 312 g/mol. The van der Waals surface area contributed by atoms with Crippen molar-refractivity contribution in [1.29, 1.82) is 0 Å². The topological polar surface area (TPSA) is 59.3 Å². The quantitative estimate of drug-likeness (QED) is 0.315. The molecule has 2 aliphatic carbocycles. The van der Waals surface area contributed by atoms with Crippen molar-refractivity contribution in [3.8, 4) is 0 Å². The second-order valence-corrected chi connectivity index (χ2v) is 6.18. The fourth-order valence-corrected chi connectivity index (χ4v) is 3.94. The van der Waals surface area contributed by atoms with Crippen LogP contribution in [0, 0.1) is 17.8 Å². The lowest BCUT2D eigenvalue weighted by atomic mass is 9.86. The number of hydrogen-bond acceptors (Lipinski definition) is 4. The zero-order valence-electron chi connectivity index (χ0n) is 10.7. The van der Waals surface area contributed by atoms with E-state index in [0.717, 1.165) is 12.1 Å². The molecule has 0 aromatic heterocycles. The first kappa shape index (κ1) is 14.4. The Morgan fingerprint density at radius 3 is 2.75 bits per heavy atom. The molecule has 0 spiro atoms. The van der Waals surface area contributed by atoms with Gasteiger partial charge in [-0.05, 0) is 37.2 Å². The molecule has 20 heavy (non-hydrogen) atoms. The molecule has 4 N–H and O–H groups in total. The molecule has 0 amide bonds. The molecule has 2 fully saturated rings. The largest absolute Gasteiger partial charge is 0.523 e. The SMILES string of the molecule is NNC1C(Cl)NC2=CC(OC(F)(F)F)CC[C@H]2C2CC12. The first-order chi connectivity index (χ1) is 9.39. The first-order valence-corrected chi connectivity index (χ1v) is 7.15. The van der Waals surface area contributed by atoms with E-state index in [9.17, 15) is 13.2 Å². The number of hydrogen-bond donors (Lipinski definition) is 3. The van der Waals surface area contributed by atoms with Crippen LogP contribution in [0.1, 0.15) is 19.3 Å². The lowest BCUT2D eigenvalue weighted by Gasteiger charge is -2.30. The summed E-state index contributed by atoms with van der Waals surface area (Å²) in [6.07, 6.45) is -1.92. The van der Waals surface area contributed by atoms with Crippen LogP contribution in [0.2, 0.25) is 0 Å². The number of nitrogens with one attached hydrogen (secondary N) is 2. The van der Waals surface area contributed by atoms with E-state index in [1.165, 1.54) is 6.08 Å². The van der Waals surface area contributed by atoms with Crippen LogP contribution in [0.4, 0.5) is 13.2 Å². The van der Waals surface area contributed by atoms with Gasteiger partial charge in [-0.15, -0.1) is 13.2 Å². The highest BCUT2D eigenvalue weighted by Crippen LogP contribution is 2.54. The van der Waals surface area contributed by atoms with Crippen molar-refractivity contribution in [2.24, 2.45) is 23.6 Å². The third-order valence-electron chi connectivity index (χ3n) is 4.49. The summed E-state index contributed by atoms with van der Waals surface area (Å²) in [6, 6.07) is -0.0600. The van der Waals surface area contributed by atoms with Crippen molar-refractivity contribution in [2.75, 3.05) is 0 Å². The van der Waals surface area contributed by atoms with Gasteiger partial charge in [0.2, 0.25) is 0 Å². The van der Waals surface area contributed by atoms with E-state index >= 15 is 0 Å². The van der Waals surface area contributed by atoms with Crippen LogP contribution in [0.15, 0.2) is 11.8 Å². The molecule has 114 valence electrons. The Labute approximate surface area is 119 Å². The van der Waals surface area contributed by atoms with Gasteiger partial charge in [-0.3, -0.25) is 16.0 Å². The number of halogens is 4. The zero-order chi connectivity index (χ0) is 14.5. The van der Waals surface area contributed by atoms with Gasteiger partial charge in [0.05, 0.1) is 12.1 Å². The Balaban J connectivity index is 1.77. The minimum absolute atomic E-state index is 0.0600. The fourth-order valence-electron chi connectivity index (χ4n) is 3.56. The molecule has 1 saturated heterocycles. The van der Waals surface area contributed by atoms with Gasteiger partial charge in [0.15, 0.2) is 0 Å². The van der Waals surface area contributed by atoms with E-state index in [2.05, 4.69) is 15.5 Å². The van der Waals surface area contributed by atoms with Crippen molar-refractivity contribution in [3.63, 3.8) is 0 Å². The third kappa shape index (κ3) is 2.77. The maximum Gasteiger partial charge on any atom is 0.523 e. The van der Waals surface area contributed by atoms with Crippen LogP contribution in [0.25, 0.3) is 0 Å². The fraction of sp³-hybridized carbons (Fsp3) is 0.833. The van der Waals surface area contributed by atoms with Crippen LogP contribution >= 0.6 is 11.6 Å². The number of allylic oxidation sites excluding steroid dienone is 1. The number of nitrogens with two attached hydrogens (primary N) is 1. The summed E-state index contributed by atoms with van der Waals surface area (Å²) in [4.78, 5) is 0. The van der Waals surface area contributed by atoms with Gasteiger partial charge in [-0.2, -0.15) is 0 Å². The van der Waals surface area contributed by atoms with Gasteiger partial charge in [-0.25, -0.2) is 0 Å². The summed E-state index contributed by atoms with van der Waals surface area (Å²) in [5.41, 5.74) is 3.06. The van der Waals surface area contributed by atoms with Crippen LogP contribution in [0.3, 0.4) is 0 Å². The van der Waals surface area contributed by atoms with Crippen molar-refractivity contribution >= 4 is 11.6 Å². The summed E-state index contributed by atoms with van der Waals surface area (Å²) in [7, 11) is 0. The van der Waals surface area contributed by atoms with Crippen LogP contribution in [-0.4, -0.2) is 24.0 Å². The van der Waals surface area contributed by atoms with Crippen molar-refractivity contribution < 1.29 is 17.9 Å². The Kier molecular flexibility index (Phi) is 3.64. The third-order valence-corrected chi connectivity index (χ3v) is 4.87. The Morgan fingerprint density at radius 2 is 2.10 bits per heavy atom. The van der Waals surface area contributed by atoms with E-state index in [0.29, 0.717) is 24.7 Å². The van der Waals surface area contributed by atoms with E-state index in [1.807, 2.05) is 0 Å². The van der Waals surface area contributed by atoms with Crippen LogP contribution in [-0.2, 0) is 4.74 Å². The van der Waals surface area contributed by atoms with Gasteiger partial charge < -0.3 is 5.32 Å². The molecule has 0 aromatic rings. The Morgan fingerprint density at radius 1 is 1.35 bits per heavy atom. The molecule has 4 nitrogen and oxygen atoms in total. The minimum atomic E-state index is -4.61. The van der Waals surface area contributed by atoms with Crippen molar-refractivity contribution in [1.82, 2.24) is 10.7 Å². The highest BCUT2D eigenvalue weighted by molar-refractivity contribution is 6.21. The molecule has 3 aliphatic rings. The predicted molar refractivity (Wildman–Crippen MR) is 67.2 cm³/mol. The highest BCUT2D eigenvalue weighted by Gasteiger charge is 2.53. The molecular formula is C12H17ClF3N3O. The summed E-state index contributed by atoms with van der Waals surface area (Å²) >= 11 is 6.25. The number of hydrazine groups is 1. The number of ether oxygens (including phenoxy) is 1. The summed E-state index contributed by atoms with van der Waals surface area (Å²) in [5, 5.41) is 3.10. The lowest BCUT2D eigenvalue weighted by molar-refractivity contribution is -0.337. The number of alkyl halides is 4. The van der Waals surface area contributed by atoms with Gasteiger partial charge >= 0.3 is 6.36 Å². The van der Waals surface area contributed by atoms with E-state index in [1.54, 1.807) is 0 Å². The molecule has 0 bridgehead atoms. The molecule has 0 radical (unpaired) electrons. The predicted octanol–water partition coefficient (Wildman–Crippen LogP) is 1.82. The highest BCUT2D eigenvalue weighted by atomic mass is 35.5. The lowest BCUT2D eigenvalue weighted by Crippen LogP contribution is -2.48. The second kappa shape index (κ2) is 5.05. The molecule has 3 rings (SSSR count). The van der Waals surface area contributed by atoms with Crippen molar-refractivity contribution in [3.05, 3.63) is 11.8 Å². The van der Waals surface area contributed by atoms with E-state index < -0.39 is 18.0 Å². The molecular weight excluding hydrogens is 295 g/mol. The summed E-state index contributed by atoms with van der Waals surface area (Å²) in [5.74, 6) is 6.60. The standard InChI is InChI=1S/C12H17ClF3N3O/c13-11-10(19-17)8-4-7(8)6-2-1-5(3-9(6)18-11)20-12(14,15)16/h3,5-8,10-11,18-19H,1-2,4,17H2/t5?,6-,7?,8?,10?,11?/m0/s1. The molecule has 5 unspecified atom stereocenters. The molecule has 1 aliphatic heterocycles. The summed E-state index contributed by atoms with van der Waals surface area (Å²) < 4.78 is 41.0. The zero-order valence-corrected chi connectivity index (χ0v) is 11.4. The van der Waals surface area contributed by atoms with Gasteiger partial charge in [0, 0.05) is 11.6 Å². The monoisotopic (exact) mass is 311 g/mol. The number of fused-ring (bicyclic) bond motifs is 3. The van der Waals surface area contributed by atoms with E-state index in [-0.39, 0.29) is 12.0 Å². The average Bonchev–Trinajstić information content (AvgIpc) is 3.07. The Hall–Kier alpha value is -0.500. The molecule has 6 atom stereocenters. The van der Waals surface area contributed by atoms with Crippen LogP contribution in [0.5, 0.6) is 0 Å². The maximum absolute atomic E-state index is 12.3. The van der Waals surface area contributed by atoms with E-state index in [4.69, 9.17) is 17.4 Å². The maximum atomic E-state index is 12.3. The summed E-state index contributed by atoms with van der Waals surface area (Å²) in [6.45, 7) is 0. The van der Waals surface area contributed by atoms with Crippen molar-refractivity contribution in [2.45, 2.75) is 43.3 Å². The minimum Gasteiger partial charge on any atom is -0.371 e. The van der Waals surface area contributed by atoms with Gasteiger partial charge in [0.25, 0.3) is 0 Å². The smallest absolute Gasteiger partial charge is 0.371 e. The molecule has 1 saturated carbocycles. The number of rotatable bonds is 2. The Bertz CT molecular complexity index is 417. The van der Waals surface area contributed by atoms with Gasteiger partial charge in [-0.1, -0.05) is 11.6 Å². The van der Waals surface area contributed by atoms with Crippen LogP contribution < -0.4 is 16.6 Å². The molecule has 0 aromatic carbocycles. The molecule has 1 heterocycles. The first-order valence-electron chi connectivity index (χ1n) is 6.72.